The molecule has 0 spiro atoms. The van der Waals surface area contributed by atoms with Crippen LogP contribution in [-0.4, -0.2) is 67.9 Å². The lowest BCUT2D eigenvalue weighted by Gasteiger charge is -2.20. The van der Waals surface area contributed by atoms with E-state index in [9.17, 15) is 13.5 Å². The average molecular weight is 515 g/mol. The number of hydrogen-bond acceptors (Lipinski definition) is 10. The molecule has 0 fully saturated rings. The first-order valence-corrected chi connectivity index (χ1v) is 12.4. The molecule has 3 aromatic heterocycles. The van der Waals surface area contributed by atoms with Gasteiger partial charge in [0.25, 0.3) is 0 Å². The second kappa shape index (κ2) is 9.91. The summed E-state index contributed by atoms with van der Waals surface area (Å²) in [6.45, 7) is 4.95. The number of nitrogens with one attached hydrogen (secondary N) is 2. The molecule has 3 heterocycles. The zero-order chi connectivity index (χ0) is 26.0. The van der Waals surface area contributed by atoms with Crippen molar-refractivity contribution in [1.82, 2.24) is 34.9 Å². The van der Waals surface area contributed by atoms with E-state index in [2.05, 4.69) is 35.1 Å². The number of sulfonamides is 1. The zero-order valence-electron chi connectivity index (χ0n) is 20.3. The van der Waals surface area contributed by atoms with E-state index in [1.54, 1.807) is 31.2 Å². The number of aromatic amines is 1. The number of para-hydroxylation sites is 1. The number of benzene rings is 1. The Morgan fingerprint density at radius 3 is 2.28 bits per heavy atom. The number of hydrogen-bond donors (Lipinski definition) is 3. The maximum Gasteiger partial charge on any atom is 0.243 e. The number of aromatic nitrogens is 7. The van der Waals surface area contributed by atoms with Gasteiger partial charge in [0, 0.05) is 18.1 Å². The largest absolute Gasteiger partial charge is 0.494 e. The zero-order valence-corrected chi connectivity index (χ0v) is 21.1. The Morgan fingerprint density at radius 2 is 1.72 bits per heavy atom. The number of aliphatic hydroxyl groups is 1. The van der Waals surface area contributed by atoms with Crippen LogP contribution in [0.1, 0.15) is 30.1 Å². The van der Waals surface area contributed by atoms with Crippen molar-refractivity contribution in [1.29, 1.82) is 0 Å². The van der Waals surface area contributed by atoms with Crippen LogP contribution in [-0.2, 0) is 10.0 Å². The van der Waals surface area contributed by atoms with Crippen LogP contribution in [0.5, 0.6) is 11.5 Å². The Hall–Kier alpha value is -4.04. The third-order valence-electron chi connectivity index (χ3n) is 5.46. The van der Waals surface area contributed by atoms with E-state index in [0.29, 0.717) is 22.9 Å². The van der Waals surface area contributed by atoms with Crippen molar-refractivity contribution < 1.29 is 23.0 Å². The molecule has 0 amide bonds. The van der Waals surface area contributed by atoms with Gasteiger partial charge < -0.3 is 14.6 Å². The van der Waals surface area contributed by atoms with Gasteiger partial charge in [-0.3, -0.25) is 14.4 Å². The molecule has 190 valence electrons. The lowest BCUT2D eigenvalue weighted by Crippen LogP contribution is -2.32. The van der Waals surface area contributed by atoms with Gasteiger partial charge in [-0.1, -0.05) is 6.07 Å². The minimum absolute atomic E-state index is 0.0148. The van der Waals surface area contributed by atoms with Crippen molar-refractivity contribution in [3.8, 4) is 28.7 Å². The van der Waals surface area contributed by atoms with E-state index in [4.69, 9.17) is 9.47 Å². The van der Waals surface area contributed by atoms with E-state index >= 15 is 0 Å². The van der Waals surface area contributed by atoms with Gasteiger partial charge in [0.05, 0.1) is 14.2 Å². The van der Waals surface area contributed by atoms with E-state index in [1.165, 1.54) is 38.1 Å². The minimum atomic E-state index is -4.22. The second-order valence-corrected chi connectivity index (χ2v) is 10.1. The highest BCUT2D eigenvalue weighted by Gasteiger charge is 2.34. The van der Waals surface area contributed by atoms with Gasteiger partial charge in [-0.2, -0.15) is 5.10 Å². The summed E-state index contributed by atoms with van der Waals surface area (Å²) in [5, 5.41) is 24.7. The van der Waals surface area contributed by atoms with Crippen molar-refractivity contribution in [3.63, 3.8) is 0 Å². The number of anilines is 1. The number of methoxy groups -OCH3 is 2. The Balaban J connectivity index is 1.81. The summed E-state index contributed by atoms with van der Waals surface area (Å²) in [6, 6.07) is 6.85. The molecule has 0 aliphatic carbocycles. The van der Waals surface area contributed by atoms with Crippen molar-refractivity contribution >= 4 is 16.0 Å². The van der Waals surface area contributed by atoms with Crippen LogP contribution < -0.4 is 14.2 Å². The van der Waals surface area contributed by atoms with Crippen LogP contribution in [0.2, 0.25) is 0 Å². The summed E-state index contributed by atoms with van der Waals surface area (Å²) in [6.07, 6.45) is 1.51. The van der Waals surface area contributed by atoms with Crippen LogP contribution in [0.15, 0.2) is 36.7 Å². The van der Waals surface area contributed by atoms with Crippen molar-refractivity contribution in [2.45, 2.75) is 32.1 Å². The average Bonchev–Trinajstić information content (AvgIpc) is 3.48. The monoisotopic (exact) mass is 514 g/mol. The number of aryl methyl sites for hydroxylation is 2. The van der Waals surface area contributed by atoms with E-state index in [0.717, 1.165) is 11.3 Å². The summed E-state index contributed by atoms with van der Waals surface area (Å²) in [7, 11) is -1.26. The topological polar surface area (TPSA) is 170 Å². The molecule has 4 aromatic rings. The molecule has 13 nitrogen and oxygen atoms in total. The Kier molecular flexibility index (Phi) is 6.90. The molecule has 2 atom stereocenters. The fourth-order valence-electron chi connectivity index (χ4n) is 3.47. The van der Waals surface area contributed by atoms with Gasteiger partial charge in [0.1, 0.15) is 34.2 Å². The number of ether oxygens (including phenoxy) is 2. The summed E-state index contributed by atoms with van der Waals surface area (Å²) in [4.78, 5) is 8.09. The first kappa shape index (κ1) is 25.1. The number of H-pyrrole nitrogens is 1. The third-order valence-corrected chi connectivity index (χ3v) is 7.16. The highest BCUT2D eigenvalue weighted by molar-refractivity contribution is 7.93. The smallest absolute Gasteiger partial charge is 0.243 e. The summed E-state index contributed by atoms with van der Waals surface area (Å²) in [5.74, 6) is 0.819. The van der Waals surface area contributed by atoms with Gasteiger partial charge in [-0.05, 0) is 44.5 Å². The predicted molar refractivity (Wildman–Crippen MR) is 131 cm³/mol. The van der Waals surface area contributed by atoms with Crippen molar-refractivity contribution in [2.24, 2.45) is 0 Å². The number of aliphatic hydroxyl groups excluding tert-OH is 1. The first-order valence-electron chi connectivity index (χ1n) is 10.8. The third kappa shape index (κ3) is 4.72. The fraction of sp³-hybridized carbons (Fsp3) is 0.318. The van der Waals surface area contributed by atoms with E-state index in [1.807, 2.05) is 6.92 Å². The summed E-state index contributed by atoms with van der Waals surface area (Å²) < 4.78 is 41.6. The van der Waals surface area contributed by atoms with Gasteiger partial charge in [-0.25, -0.2) is 18.4 Å². The van der Waals surface area contributed by atoms with Gasteiger partial charge >= 0.3 is 0 Å². The van der Waals surface area contributed by atoms with Crippen LogP contribution in [0.4, 0.5) is 5.95 Å². The molecule has 0 saturated heterocycles. The van der Waals surface area contributed by atoms with E-state index < -0.39 is 21.4 Å². The predicted octanol–water partition coefficient (Wildman–Crippen LogP) is 1.95. The maximum absolute atomic E-state index is 13.3. The van der Waals surface area contributed by atoms with Crippen LogP contribution in [0, 0.1) is 13.8 Å². The van der Waals surface area contributed by atoms with Crippen LogP contribution in [0.3, 0.4) is 0 Å². The second-order valence-electron chi connectivity index (χ2n) is 8.05. The molecule has 0 saturated carbocycles. The Bertz CT molecular complexity index is 1440. The Morgan fingerprint density at radius 1 is 1.08 bits per heavy atom. The molecule has 14 heteroatoms. The normalized spacial score (nSPS) is 13.3. The molecule has 0 radical (unpaired) electrons. The quantitative estimate of drug-likeness (QED) is 0.300. The number of nitrogens with zero attached hydrogens (tertiary/aromatic N) is 6. The van der Waals surface area contributed by atoms with Crippen molar-refractivity contribution in [3.05, 3.63) is 53.7 Å². The lowest BCUT2D eigenvalue weighted by atomic mass is 10.2. The maximum atomic E-state index is 13.3. The molecule has 0 aliphatic heterocycles. The van der Waals surface area contributed by atoms with Crippen molar-refractivity contribution in [2.75, 3.05) is 18.9 Å². The van der Waals surface area contributed by atoms with E-state index in [-0.39, 0.29) is 17.6 Å². The minimum Gasteiger partial charge on any atom is -0.494 e. The SMILES string of the molecule is COc1cccc(OC)c1-n1c(NS(=O)(=O)[C@@H](C)[C@H](O)c2ncc(C)cn2)nnc1-c1cc(C)[nH]n1. The molecule has 4 rings (SSSR count). The summed E-state index contributed by atoms with van der Waals surface area (Å²) in [5.41, 5.74) is 2.32. The first-order chi connectivity index (χ1) is 17.2. The van der Waals surface area contributed by atoms with Crippen LogP contribution in [0.25, 0.3) is 17.2 Å². The molecular weight excluding hydrogens is 488 g/mol. The highest BCUT2D eigenvalue weighted by Crippen LogP contribution is 2.37. The lowest BCUT2D eigenvalue weighted by molar-refractivity contribution is 0.166. The molecule has 0 aliphatic rings. The fourth-order valence-corrected chi connectivity index (χ4v) is 4.50. The number of rotatable bonds is 9. The highest BCUT2D eigenvalue weighted by atomic mass is 32.2. The molecule has 0 unspecified atom stereocenters. The van der Waals surface area contributed by atoms with Gasteiger partial charge in [0.15, 0.2) is 11.6 Å². The standard InChI is InChI=1S/C22H26N8O5S/c1-12-10-23-20(24-11-12)19(31)14(3)36(32,33)29-22-28-27-21(15-9-13(2)25-26-15)30(22)18-16(34-4)7-6-8-17(18)35-5/h6-11,14,19,31H,1-5H3,(H,25,26)(H,28,29)/t14-,19-/m0/s1. The molecular formula is C22H26N8O5S. The summed E-state index contributed by atoms with van der Waals surface area (Å²) >= 11 is 0. The Labute approximate surface area is 207 Å². The molecule has 3 N–H and O–H groups in total. The molecule has 1 aromatic carbocycles. The van der Waals surface area contributed by atoms with Gasteiger partial charge in [0.2, 0.25) is 16.0 Å². The molecule has 0 bridgehead atoms. The molecule has 36 heavy (non-hydrogen) atoms. The van der Waals surface area contributed by atoms with Crippen LogP contribution >= 0.6 is 0 Å². The van der Waals surface area contributed by atoms with Gasteiger partial charge in [-0.15, -0.1) is 10.2 Å².